The highest BCUT2D eigenvalue weighted by Crippen LogP contribution is 2.45. The third-order valence-electron chi connectivity index (χ3n) is 7.74. The topological polar surface area (TPSA) is 157 Å². The first kappa shape index (κ1) is 27.1. The number of aliphatic carboxylic acids is 1. The van der Waals surface area contributed by atoms with Gasteiger partial charge in [-0.3, -0.25) is 9.59 Å². The number of aromatic nitrogens is 2. The van der Waals surface area contributed by atoms with E-state index in [4.69, 9.17) is 26.8 Å². The molecule has 0 spiro atoms. The van der Waals surface area contributed by atoms with Gasteiger partial charge in [-0.15, -0.1) is 0 Å². The van der Waals surface area contributed by atoms with E-state index in [0.717, 1.165) is 25.7 Å². The number of nitrogens with two attached hydrogens (primary N) is 1. The molecule has 2 fully saturated rings. The lowest BCUT2D eigenvalue weighted by atomic mass is 10.1. The highest BCUT2D eigenvalue weighted by atomic mass is 35.5. The molecule has 0 radical (unpaired) electrons. The lowest BCUT2D eigenvalue weighted by molar-refractivity contribution is -0.145. The van der Waals surface area contributed by atoms with Gasteiger partial charge in [0.1, 0.15) is 23.4 Å². The number of ether oxygens (including phenoxy) is 2. The van der Waals surface area contributed by atoms with E-state index >= 15 is 0 Å². The number of carboxylic acids is 1. The average molecular weight is 558 g/mol. The van der Waals surface area contributed by atoms with Crippen molar-refractivity contribution in [2.24, 2.45) is 11.7 Å². The van der Waals surface area contributed by atoms with Gasteiger partial charge in [-0.05, 0) is 37.8 Å². The van der Waals surface area contributed by atoms with E-state index in [9.17, 15) is 19.5 Å². The van der Waals surface area contributed by atoms with Gasteiger partial charge < -0.3 is 30.5 Å². The molecule has 1 saturated heterocycles. The van der Waals surface area contributed by atoms with E-state index < -0.39 is 35.6 Å². The Hall–Kier alpha value is -3.44. The quantitative estimate of drug-likeness (QED) is 0.480. The van der Waals surface area contributed by atoms with Gasteiger partial charge in [-0.1, -0.05) is 36.6 Å². The SMILES string of the molecule is COc1ccc2nc(Cl)c(O[C@@H]3C[C@H]4C(=O)N[C@]5(C(=O)O)C[C@H]5/C=C\CCCCC[C@H](N)C(=O)N4C3)nc2c1. The number of carbonyl (C=O) groups is 3. The van der Waals surface area contributed by atoms with Crippen LogP contribution in [-0.4, -0.2) is 75.1 Å². The van der Waals surface area contributed by atoms with E-state index in [-0.39, 0.29) is 35.8 Å². The second-order valence-corrected chi connectivity index (χ2v) is 10.8. The molecule has 2 aliphatic heterocycles. The van der Waals surface area contributed by atoms with Gasteiger partial charge >= 0.3 is 5.97 Å². The highest BCUT2D eigenvalue weighted by molar-refractivity contribution is 6.31. The molecule has 5 atom stereocenters. The lowest BCUT2D eigenvalue weighted by Crippen LogP contribution is -2.55. The van der Waals surface area contributed by atoms with Crippen LogP contribution in [0, 0.1) is 5.92 Å². The van der Waals surface area contributed by atoms with Crippen LogP contribution in [0.25, 0.3) is 11.0 Å². The second-order valence-electron chi connectivity index (χ2n) is 10.4. The third kappa shape index (κ3) is 5.51. The van der Waals surface area contributed by atoms with Gasteiger partial charge in [0, 0.05) is 18.4 Å². The summed E-state index contributed by atoms with van der Waals surface area (Å²) >= 11 is 6.36. The lowest BCUT2D eigenvalue weighted by Gasteiger charge is -2.27. The molecule has 1 aromatic carbocycles. The van der Waals surface area contributed by atoms with Crippen LogP contribution in [0.1, 0.15) is 44.9 Å². The van der Waals surface area contributed by atoms with Gasteiger partial charge in [0.15, 0.2) is 5.15 Å². The van der Waals surface area contributed by atoms with Crippen molar-refractivity contribution < 1.29 is 29.0 Å². The standard InChI is InChI=1S/C27H32ClN5O6/c1-38-16-9-10-19-20(11-16)31-24(22(28)30-19)39-17-12-21-23(34)32-27(26(36)37)13-15(27)7-5-3-2-4-6-8-18(29)25(35)33(21)14-17/h5,7,9-11,15,17-18,21H,2-4,6,8,12-14,29H2,1H3,(H,32,34)(H,36,37)/b7-5-/t15-,17-,18+,21+,27-/m1/s1. The highest BCUT2D eigenvalue weighted by Gasteiger charge is 2.61. The van der Waals surface area contributed by atoms with Gasteiger partial charge in [-0.2, -0.15) is 0 Å². The van der Waals surface area contributed by atoms with Crippen LogP contribution in [-0.2, 0) is 14.4 Å². The van der Waals surface area contributed by atoms with Crippen LogP contribution in [0.4, 0.5) is 0 Å². The molecule has 208 valence electrons. The molecule has 39 heavy (non-hydrogen) atoms. The smallest absolute Gasteiger partial charge is 0.330 e. The number of carboxylic acid groups (broad SMARTS) is 1. The maximum atomic E-state index is 13.5. The molecule has 11 nitrogen and oxygen atoms in total. The minimum Gasteiger partial charge on any atom is -0.497 e. The number of benzene rings is 1. The van der Waals surface area contributed by atoms with E-state index in [1.165, 1.54) is 4.90 Å². The van der Waals surface area contributed by atoms with Crippen LogP contribution in [0.5, 0.6) is 11.6 Å². The summed E-state index contributed by atoms with van der Waals surface area (Å²) in [7, 11) is 1.54. The van der Waals surface area contributed by atoms with Gasteiger partial charge in [0.2, 0.25) is 11.8 Å². The minimum absolute atomic E-state index is 0.0436. The molecule has 0 unspecified atom stereocenters. The number of hydrogen-bond acceptors (Lipinski definition) is 8. The van der Waals surface area contributed by atoms with Crippen LogP contribution < -0.4 is 20.5 Å². The number of halogens is 1. The molecule has 4 N–H and O–H groups in total. The molecule has 3 heterocycles. The molecular weight excluding hydrogens is 526 g/mol. The zero-order chi connectivity index (χ0) is 27.7. The van der Waals surface area contributed by atoms with Crippen molar-refractivity contribution in [2.45, 2.75) is 68.7 Å². The van der Waals surface area contributed by atoms with E-state index in [1.54, 1.807) is 25.3 Å². The Balaban J connectivity index is 1.40. The van der Waals surface area contributed by atoms with Crippen molar-refractivity contribution in [1.29, 1.82) is 0 Å². The monoisotopic (exact) mass is 557 g/mol. The predicted octanol–water partition coefficient (Wildman–Crippen LogP) is 2.45. The number of rotatable bonds is 4. The Labute approximate surface area is 230 Å². The molecule has 12 heteroatoms. The fourth-order valence-electron chi connectivity index (χ4n) is 5.40. The molecule has 5 rings (SSSR count). The predicted molar refractivity (Wildman–Crippen MR) is 142 cm³/mol. The Morgan fingerprint density at radius 1 is 1.23 bits per heavy atom. The summed E-state index contributed by atoms with van der Waals surface area (Å²) < 4.78 is 11.3. The van der Waals surface area contributed by atoms with E-state index in [2.05, 4.69) is 15.3 Å². The van der Waals surface area contributed by atoms with Crippen molar-refractivity contribution in [3.8, 4) is 11.6 Å². The van der Waals surface area contributed by atoms with E-state index in [1.807, 2.05) is 12.2 Å². The first-order chi connectivity index (χ1) is 18.7. The van der Waals surface area contributed by atoms with Crippen molar-refractivity contribution in [3.63, 3.8) is 0 Å². The first-order valence-electron chi connectivity index (χ1n) is 13.2. The molecule has 2 amide bonds. The molecule has 2 aromatic rings. The molecule has 3 aliphatic rings. The molecule has 1 aromatic heterocycles. The van der Waals surface area contributed by atoms with E-state index in [0.29, 0.717) is 29.6 Å². The number of carbonyl (C=O) groups excluding carboxylic acids is 2. The van der Waals surface area contributed by atoms with Crippen LogP contribution in [0.2, 0.25) is 5.15 Å². The number of amides is 2. The minimum atomic E-state index is -1.38. The van der Waals surface area contributed by atoms with Crippen LogP contribution in [0.3, 0.4) is 0 Å². The Bertz CT molecular complexity index is 1320. The van der Waals surface area contributed by atoms with Crippen LogP contribution >= 0.6 is 11.6 Å². The zero-order valence-electron chi connectivity index (χ0n) is 21.6. The second kappa shape index (κ2) is 11.0. The number of fused-ring (bicyclic) bond motifs is 3. The summed E-state index contributed by atoms with van der Waals surface area (Å²) in [5, 5.41) is 12.7. The molecule has 0 bridgehead atoms. The summed E-state index contributed by atoms with van der Waals surface area (Å²) in [6.07, 6.45) is 7.52. The number of nitrogens with zero attached hydrogens (tertiary/aromatic N) is 3. The van der Waals surface area contributed by atoms with Gasteiger partial charge in [-0.25, -0.2) is 14.8 Å². The summed E-state index contributed by atoms with van der Waals surface area (Å²) in [5.74, 6) is -1.65. The van der Waals surface area contributed by atoms with Crippen molar-refractivity contribution in [1.82, 2.24) is 20.2 Å². The van der Waals surface area contributed by atoms with Crippen molar-refractivity contribution >= 4 is 40.4 Å². The maximum Gasteiger partial charge on any atom is 0.330 e. The first-order valence-corrected chi connectivity index (χ1v) is 13.6. The summed E-state index contributed by atoms with van der Waals surface area (Å²) in [6, 6.07) is 3.44. The average Bonchev–Trinajstić information content (AvgIpc) is 3.45. The number of hydrogen-bond donors (Lipinski definition) is 3. The fourth-order valence-corrected chi connectivity index (χ4v) is 5.58. The normalized spacial score (nSPS) is 30.4. The summed E-state index contributed by atoms with van der Waals surface area (Å²) in [5.41, 5.74) is 5.94. The number of methoxy groups -OCH3 is 1. The van der Waals surface area contributed by atoms with Crippen molar-refractivity contribution in [3.05, 3.63) is 35.5 Å². The molecule has 1 aliphatic carbocycles. The molecular formula is C27H32ClN5O6. The number of allylic oxidation sites excluding steroid dienone is 1. The fraction of sp³-hybridized carbons (Fsp3) is 0.519. The van der Waals surface area contributed by atoms with Gasteiger partial charge in [0.25, 0.3) is 5.88 Å². The summed E-state index contributed by atoms with van der Waals surface area (Å²) in [4.78, 5) is 49.3. The molecule has 1 saturated carbocycles. The van der Waals surface area contributed by atoms with Gasteiger partial charge in [0.05, 0.1) is 30.7 Å². The summed E-state index contributed by atoms with van der Waals surface area (Å²) in [6.45, 7) is 0.0716. The Morgan fingerprint density at radius 3 is 2.82 bits per heavy atom. The van der Waals surface area contributed by atoms with Crippen LogP contribution in [0.15, 0.2) is 30.4 Å². The Kier molecular flexibility index (Phi) is 7.64. The number of nitrogens with one attached hydrogen (secondary N) is 1. The largest absolute Gasteiger partial charge is 0.497 e. The van der Waals surface area contributed by atoms with Crippen molar-refractivity contribution in [2.75, 3.05) is 13.7 Å². The Morgan fingerprint density at radius 2 is 2.05 bits per heavy atom. The maximum absolute atomic E-state index is 13.5. The zero-order valence-corrected chi connectivity index (χ0v) is 22.4. The third-order valence-corrected chi connectivity index (χ3v) is 7.99.